The van der Waals surface area contributed by atoms with E-state index in [2.05, 4.69) is 5.32 Å². The Bertz CT molecular complexity index is 562. The molecule has 0 saturated carbocycles. The number of hydrogen-bond acceptors (Lipinski definition) is 3. The van der Waals surface area contributed by atoms with Crippen molar-refractivity contribution in [1.29, 1.82) is 0 Å². The Morgan fingerprint density at radius 2 is 2.33 bits per heavy atom. The molecule has 2 N–H and O–H groups in total. The lowest BCUT2D eigenvalue weighted by molar-refractivity contribution is -0.118. The highest BCUT2D eigenvalue weighted by Crippen LogP contribution is 2.26. The zero-order chi connectivity index (χ0) is 15.5. The average molecular weight is 330 g/mol. The van der Waals surface area contributed by atoms with Crippen LogP contribution in [-0.4, -0.2) is 35.9 Å². The van der Waals surface area contributed by atoms with Crippen LogP contribution in [0, 0.1) is 0 Å². The topological polar surface area (TPSA) is 58.6 Å². The minimum atomic E-state index is -1.00. The number of nitrogens with one attached hydrogen (secondary N) is 1. The third-order valence-corrected chi connectivity index (χ3v) is 4.46. The maximum atomic E-state index is 11.8. The van der Waals surface area contributed by atoms with Crippen LogP contribution in [0.2, 0.25) is 10.0 Å². The van der Waals surface area contributed by atoms with Gasteiger partial charge in [0.1, 0.15) is 5.60 Å². The molecule has 2 rings (SSSR count). The maximum absolute atomic E-state index is 11.8. The molecular formula is C15H17Cl2NO3. The highest BCUT2D eigenvalue weighted by atomic mass is 35.5. The van der Waals surface area contributed by atoms with E-state index in [1.165, 1.54) is 6.08 Å². The number of aliphatic hydroxyl groups is 1. The summed E-state index contributed by atoms with van der Waals surface area (Å²) >= 11 is 11.9. The minimum absolute atomic E-state index is 0.153. The Kier molecular flexibility index (Phi) is 5.27. The Hall–Kier alpha value is -1.07. The second kappa shape index (κ2) is 6.79. The number of halogens is 2. The summed E-state index contributed by atoms with van der Waals surface area (Å²) in [5.74, 6) is -0.307. The average Bonchev–Trinajstić information content (AvgIpc) is 2.78. The standard InChI is InChI=1S/C15H17Cl2NO3/c1-10-15(20,7-8-21-10)9-18-13(19)6-5-11-3-2-4-12(16)14(11)17/h2-6,10,20H,7-9H2,1H3,(H,18,19)/b6-5+. The predicted octanol–water partition coefficient (Wildman–Crippen LogP) is 2.66. The lowest BCUT2D eigenvalue weighted by Gasteiger charge is -2.25. The molecule has 1 aliphatic heterocycles. The molecule has 1 aromatic carbocycles. The van der Waals surface area contributed by atoms with Crippen molar-refractivity contribution in [3.63, 3.8) is 0 Å². The molecule has 0 bridgehead atoms. The molecular weight excluding hydrogens is 313 g/mol. The van der Waals surface area contributed by atoms with Crippen molar-refractivity contribution in [1.82, 2.24) is 5.32 Å². The summed E-state index contributed by atoms with van der Waals surface area (Å²) < 4.78 is 5.31. The number of carbonyl (C=O) groups is 1. The fraction of sp³-hybridized carbons (Fsp3) is 0.400. The van der Waals surface area contributed by atoms with E-state index in [0.717, 1.165) is 0 Å². The van der Waals surface area contributed by atoms with E-state index in [9.17, 15) is 9.90 Å². The number of carbonyl (C=O) groups excluding carboxylic acids is 1. The van der Waals surface area contributed by atoms with Crippen LogP contribution in [0.3, 0.4) is 0 Å². The first-order chi connectivity index (χ1) is 9.92. The van der Waals surface area contributed by atoms with Gasteiger partial charge in [-0.15, -0.1) is 0 Å². The van der Waals surface area contributed by atoms with E-state index in [4.69, 9.17) is 27.9 Å². The third kappa shape index (κ3) is 3.98. The van der Waals surface area contributed by atoms with Crippen molar-refractivity contribution < 1.29 is 14.6 Å². The second-order valence-corrected chi connectivity index (χ2v) is 5.85. The zero-order valence-electron chi connectivity index (χ0n) is 11.6. The Labute approximate surface area is 133 Å². The smallest absolute Gasteiger partial charge is 0.244 e. The Balaban J connectivity index is 1.93. The van der Waals surface area contributed by atoms with E-state index in [0.29, 0.717) is 28.6 Å². The van der Waals surface area contributed by atoms with Gasteiger partial charge in [-0.2, -0.15) is 0 Å². The maximum Gasteiger partial charge on any atom is 0.244 e. The van der Waals surface area contributed by atoms with Crippen LogP contribution >= 0.6 is 23.2 Å². The van der Waals surface area contributed by atoms with Crippen molar-refractivity contribution >= 4 is 35.2 Å². The molecule has 0 spiro atoms. The van der Waals surface area contributed by atoms with Gasteiger partial charge in [0.05, 0.1) is 16.1 Å². The predicted molar refractivity (Wildman–Crippen MR) is 83.5 cm³/mol. The zero-order valence-corrected chi connectivity index (χ0v) is 13.1. The van der Waals surface area contributed by atoms with Crippen molar-refractivity contribution in [3.05, 3.63) is 39.9 Å². The number of amides is 1. The molecule has 0 aliphatic carbocycles. The number of ether oxygens (including phenoxy) is 1. The Morgan fingerprint density at radius 3 is 3.00 bits per heavy atom. The lowest BCUT2D eigenvalue weighted by atomic mass is 9.97. The highest BCUT2D eigenvalue weighted by molar-refractivity contribution is 6.42. The molecule has 1 amide bonds. The molecule has 21 heavy (non-hydrogen) atoms. The van der Waals surface area contributed by atoms with E-state index < -0.39 is 5.60 Å². The summed E-state index contributed by atoms with van der Waals surface area (Å²) in [5, 5.41) is 13.8. The first-order valence-corrected chi connectivity index (χ1v) is 7.42. The number of hydrogen-bond donors (Lipinski definition) is 2. The van der Waals surface area contributed by atoms with Gasteiger partial charge < -0.3 is 15.2 Å². The third-order valence-electron chi connectivity index (χ3n) is 3.62. The highest BCUT2D eigenvalue weighted by Gasteiger charge is 2.39. The molecule has 0 radical (unpaired) electrons. The van der Waals surface area contributed by atoms with Crippen LogP contribution in [0.15, 0.2) is 24.3 Å². The molecule has 1 heterocycles. The van der Waals surface area contributed by atoms with Crippen molar-refractivity contribution in [2.75, 3.05) is 13.2 Å². The van der Waals surface area contributed by atoms with Crippen molar-refractivity contribution in [2.24, 2.45) is 0 Å². The van der Waals surface area contributed by atoms with E-state index in [-0.39, 0.29) is 18.6 Å². The van der Waals surface area contributed by atoms with Crippen LogP contribution in [0.1, 0.15) is 18.9 Å². The first-order valence-electron chi connectivity index (χ1n) is 6.66. The Morgan fingerprint density at radius 1 is 1.57 bits per heavy atom. The van der Waals surface area contributed by atoms with Crippen molar-refractivity contribution in [2.45, 2.75) is 25.0 Å². The lowest BCUT2D eigenvalue weighted by Crippen LogP contribution is -2.47. The SMILES string of the molecule is CC1OCCC1(O)CNC(=O)/C=C/c1cccc(Cl)c1Cl. The van der Waals surface area contributed by atoms with Crippen molar-refractivity contribution in [3.8, 4) is 0 Å². The van der Waals surface area contributed by atoms with Gasteiger partial charge in [0.15, 0.2) is 0 Å². The van der Waals surface area contributed by atoms with Crippen LogP contribution in [0.25, 0.3) is 6.08 Å². The summed E-state index contributed by atoms with van der Waals surface area (Å²) in [6.07, 6.45) is 3.17. The van der Waals surface area contributed by atoms with Gasteiger partial charge in [-0.25, -0.2) is 0 Å². The normalized spacial score (nSPS) is 25.4. The van der Waals surface area contributed by atoms with E-state index >= 15 is 0 Å². The fourth-order valence-corrected chi connectivity index (χ4v) is 2.49. The van der Waals surface area contributed by atoms with Gasteiger partial charge in [0.2, 0.25) is 5.91 Å². The summed E-state index contributed by atoms with van der Waals surface area (Å²) in [4.78, 5) is 11.8. The molecule has 1 aliphatic rings. The van der Waals surface area contributed by atoms with Gasteiger partial charge in [-0.3, -0.25) is 4.79 Å². The minimum Gasteiger partial charge on any atom is -0.385 e. The van der Waals surface area contributed by atoms with Crippen LogP contribution in [-0.2, 0) is 9.53 Å². The summed E-state index contributed by atoms with van der Waals surface area (Å²) in [6, 6.07) is 5.20. The largest absolute Gasteiger partial charge is 0.385 e. The molecule has 1 fully saturated rings. The summed E-state index contributed by atoms with van der Waals surface area (Å²) in [6.45, 7) is 2.45. The monoisotopic (exact) mass is 329 g/mol. The molecule has 2 unspecified atom stereocenters. The molecule has 0 aromatic heterocycles. The summed E-state index contributed by atoms with van der Waals surface area (Å²) in [7, 11) is 0. The van der Waals surface area contributed by atoms with Gasteiger partial charge >= 0.3 is 0 Å². The fourth-order valence-electron chi connectivity index (χ4n) is 2.12. The van der Waals surface area contributed by atoms with Gasteiger partial charge in [0.25, 0.3) is 0 Å². The van der Waals surface area contributed by atoms with Crippen LogP contribution in [0.5, 0.6) is 0 Å². The van der Waals surface area contributed by atoms with Crippen LogP contribution < -0.4 is 5.32 Å². The van der Waals surface area contributed by atoms with Crippen LogP contribution in [0.4, 0.5) is 0 Å². The molecule has 4 nitrogen and oxygen atoms in total. The molecule has 6 heteroatoms. The molecule has 1 saturated heterocycles. The molecule has 1 aromatic rings. The number of rotatable bonds is 4. The second-order valence-electron chi connectivity index (χ2n) is 5.06. The quantitative estimate of drug-likeness (QED) is 0.835. The van der Waals surface area contributed by atoms with Gasteiger partial charge in [0, 0.05) is 25.6 Å². The first kappa shape index (κ1) is 16.3. The van der Waals surface area contributed by atoms with Gasteiger partial charge in [-0.1, -0.05) is 35.3 Å². The van der Waals surface area contributed by atoms with Gasteiger partial charge in [-0.05, 0) is 24.6 Å². The van der Waals surface area contributed by atoms with E-state index in [1.54, 1.807) is 31.2 Å². The number of benzene rings is 1. The van der Waals surface area contributed by atoms with E-state index in [1.807, 2.05) is 0 Å². The molecule has 114 valence electrons. The summed E-state index contributed by atoms with van der Waals surface area (Å²) in [5.41, 5.74) is -0.340. The molecule has 2 atom stereocenters.